The quantitative estimate of drug-likeness (QED) is 0.545. The first kappa shape index (κ1) is 17.8. The van der Waals surface area contributed by atoms with Crippen molar-refractivity contribution in [3.05, 3.63) is 0 Å². The van der Waals surface area contributed by atoms with Crippen LogP contribution in [0.25, 0.3) is 0 Å². The molecule has 0 aromatic rings. The number of nitrogens with zero attached hydrogens (tertiary/aromatic N) is 1. The van der Waals surface area contributed by atoms with Crippen LogP contribution in [-0.4, -0.2) is 58.8 Å². The average Bonchev–Trinajstić information content (AvgIpc) is 2.25. The number of sulfonamides is 1. The lowest BCUT2D eigenvalue weighted by Gasteiger charge is -2.16. The largest absolute Gasteiger partial charge is 0.317 e. The van der Waals surface area contributed by atoms with Crippen molar-refractivity contribution >= 4 is 10.0 Å². The topological polar surface area (TPSA) is 61.4 Å². The molecule has 0 saturated carbocycles. The summed E-state index contributed by atoms with van der Waals surface area (Å²) in [5, 5.41) is 3.20. The Morgan fingerprint density at radius 1 is 1.22 bits per heavy atom. The van der Waals surface area contributed by atoms with E-state index in [2.05, 4.69) is 21.9 Å². The molecule has 0 bridgehead atoms. The first-order chi connectivity index (χ1) is 8.37. The molecule has 0 radical (unpaired) electrons. The van der Waals surface area contributed by atoms with Crippen molar-refractivity contribution in [2.24, 2.45) is 0 Å². The van der Waals surface area contributed by atoms with Gasteiger partial charge in [0, 0.05) is 6.04 Å². The highest BCUT2D eigenvalue weighted by atomic mass is 32.2. The van der Waals surface area contributed by atoms with Crippen LogP contribution >= 0.6 is 0 Å². The van der Waals surface area contributed by atoms with Gasteiger partial charge in [0.15, 0.2) is 0 Å². The molecule has 0 saturated heterocycles. The summed E-state index contributed by atoms with van der Waals surface area (Å²) in [4.78, 5) is 2.06. The standard InChI is InChI=1S/C12H29N3O2S/c1-5-8-13-9-6-11-18(16,17)14-12(2)7-10-15(3)4/h12-14H,5-11H2,1-4H3. The molecule has 5 nitrogen and oxygen atoms in total. The highest BCUT2D eigenvalue weighted by molar-refractivity contribution is 7.89. The lowest BCUT2D eigenvalue weighted by Crippen LogP contribution is -2.36. The van der Waals surface area contributed by atoms with Gasteiger partial charge in [-0.25, -0.2) is 13.1 Å². The third-order valence-electron chi connectivity index (χ3n) is 2.58. The summed E-state index contributed by atoms with van der Waals surface area (Å²) in [7, 11) is 0.849. The van der Waals surface area contributed by atoms with E-state index in [-0.39, 0.29) is 11.8 Å². The van der Waals surface area contributed by atoms with Gasteiger partial charge in [-0.1, -0.05) is 6.92 Å². The Hall–Kier alpha value is -0.170. The van der Waals surface area contributed by atoms with Crippen molar-refractivity contribution in [3.63, 3.8) is 0 Å². The summed E-state index contributed by atoms with van der Waals surface area (Å²) in [6, 6.07) is 0.000927. The molecule has 0 amide bonds. The average molecular weight is 279 g/mol. The normalized spacial score (nSPS) is 14.1. The maximum Gasteiger partial charge on any atom is 0.211 e. The zero-order valence-corrected chi connectivity index (χ0v) is 13.0. The second-order valence-corrected chi connectivity index (χ2v) is 6.91. The molecule has 6 heteroatoms. The van der Waals surface area contributed by atoms with E-state index < -0.39 is 10.0 Å². The van der Waals surface area contributed by atoms with Gasteiger partial charge in [0.2, 0.25) is 10.0 Å². The zero-order valence-electron chi connectivity index (χ0n) is 12.2. The SMILES string of the molecule is CCCNCCCS(=O)(=O)NC(C)CCN(C)C. The third kappa shape index (κ3) is 11.0. The van der Waals surface area contributed by atoms with Crippen LogP contribution < -0.4 is 10.0 Å². The molecule has 0 aromatic carbocycles. The molecule has 0 aromatic heterocycles. The van der Waals surface area contributed by atoms with Crippen LogP contribution in [0, 0.1) is 0 Å². The maximum atomic E-state index is 11.8. The molecule has 0 fully saturated rings. The monoisotopic (exact) mass is 279 g/mol. The van der Waals surface area contributed by atoms with Crippen molar-refractivity contribution in [1.82, 2.24) is 14.9 Å². The van der Waals surface area contributed by atoms with E-state index in [0.717, 1.165) is 32.5 Å². The van der Waals surface area contributed by atoms with E-state index >= 15 is 0 Å². The molecule has 0 spiro atoms. The van der Waals surface area contributed by atoms with Crippen LogP contribution in [-0.2, 0) is 10.0 Å². The number of nitrogens with one attached hydrogen (secondary N) is 2. The minimum atomic E-state index is -3.12. The van der Waals surface area contributed by atoms with Gasteiger partial charge < -0.3 is 10.2 Å². The second-order valence-electron chi connectivity index (χ2n) is 5.03. The Balaban J connectivity index is 3.78. The Morgan fingerprint density at radius 2 is 1.89 bits per heavy atom. The first-order valence-corrected chi connectivity index (χ1v) is 8.38. The second kappa shape index (κ2) is 9.72. The Bertz CT molecular complexity index is 292. The van der Waals surface area contributed by atoms with Gasteiger partial charge in [-0.15, -0.1) is 0 Å². The molecule has 1 atom stereocenters. The van der Waals surface area contributed by atoms with Crippen LogP contribution in [0.15, 0.2) is 0 Å². The van der Waals surface area contributed by atoms with Gasteiger partial charge in [0.05, 0.1) is 5.75 Å². The fraction of sp³-hybridized carbons (Fsp3) is 1.00. The number of rotatable bonds is 11. The fourth-order valence-corrected chi connectivity index (χ4v) is 2.94. The summed E-state index contributed by atoms with van der Waals surface area (Å²) in [6.07, 6.45) is 2.57. The van der Waals surface area contributed by atoms with E-state index in [1.54, 1.807) is 0 Å². The summed E-state index contributed by atoms with van der Waals surface area (Å²) in [5.41, 5.74) is 0. The summed E-state index contributed by atoms with van der Waals surface area (Å²) in [5.74, 6) is 0.204. The lowest BCUT2D eigenvalue weighted by atomic mass is 10.2. The number of hydrogen-bond donors (Lipinski definition) is 2. The van der Waals surface area contributed by atoms with E-state index in [9.17, 15) is 8.42 Å². The van der Waals surface area contributed by atoms with Crippen LogP contribution in [0.4, 0.5) is 0 Å². The zero-order chi connectivity index (χ0) is 14.0. The van der Waals surface area contributed by atoms with Crippen LogP contribution in [0.3, 0.4) is 0 Å². The molecule has 110 valence electrons. The molecular formula is C12H29N3O2S. The summed E-state index contributed by atoms with van der Waals surface area (Å²) >= 11 is 0. The molecule has 0 aliphatic rings. The maximum absolute atomic E-state index is 11.8. The van der Waals surface area contributed by atoms with E-state index in [1.165, 1.54) is 0 Å². The number of hydrogen-bond acceptors (Lipinski definition) is 4. The predicted molar refractivity (Wildman–Crippen MR) is 77.3 cm³/mol. The summed E-state index contributed by atoms with van der Waals surface area (Å²) in [6.45, 7) is 6.61. The Labute approximate surface area is 112 Å². The van der Waals surface area contributed by atoms with Gasteiger partial charge in [0.25, 0.3) is 0 Å². The Morgan fingerprint density at radius 3 is 2.44 bits per heavy atom. The minimum Gasteiger partial charge on any atom is -0.317 e. The van der Waals surface area contributed by atoms with Crippen molar-refractivity contribution in [2.75, 3.05) is 39.5 Å². The fourth-order valence-electron chi connectivity index (χ4n) is 1.57. The minimum absolute atomic E-state index is 0.000927. The first-order valence-electron chi connectivity index (χ1n) is 6.73. The lowest BCUT2D eigenvalue weighted by molar-refractivity contribution is 0.379. The van der Waals surface area contributed by atoms with Crippen molar-refractivity contribution < 1.29 is 8.42 Å². The van der Waals surface area contributed by atoms with E-state index in [0.29, 0.717) is 6.42 Å². The van der Waals surface area contributed by atoms with E-state index in [1.807, 2.05) is 21.0 Å². The molecule has 0 heterocycles. The van der Waals surface area contributed by atoms with E-state index in [4.69, 9.17) is 0 Å². The van der Waals surface area contributed by atoms with Crippen LogP contribution in [0.1, 0.15) is 33.1 Å². The van der Waals surface area contributed by atoms with Gasteiger partial charge in [-0.3, -0.25) is 0 Å². The predicted octanol–water partition coefficient (Wildman–Crippen LogP) is 0.636. The Kier molecular flexibility index (Phi) is 9.63. The van der Waals surface area contributed by atoms with Crippen molar-refractivity contribution in [1.29, 1.82) is 0 Å². The van der Waals surface area contributed by atoms with Crippen molar-refractivity contribution in [2.45, 2.75) is 39.2 Å². The molecule has 1 unspecified atom stereocenters. The molecule has 18 heavy (non-hydrogen) atoms. The van der Waals surface area contributed by atoms with Crippen LogP contribution in [0.2, 0.25) is 0 Å². The highest BCUT2D eigenvalue weighted by Gasteiger charge is 2.13. The van der Waals surface area contributed by atoms with Gasteiger partial charge in [-0.2, -0.15) is 0 Å². The van der Waals surface area contributed by atoms with Gasteiger partial charge in [0.1, 0.15) is 0 Å². The van der Waals surface area contributed by atoms with Crippen LogP contribution in [0.5, 0.6) is 0 Å². The summed E-state index contributed by atoms with van der Waals surface area (Å²) < 4.78 is 26.3. The smallest absolute Gasteiger partial charge is 0.211 e. The van der Waals surface area contributed by atoms with Crippen molar-refractivity contribution in [3.8, 4) is 0 Å². The highest BCUT2D eigenvalue weighted by Crippen LogP contribution is 1.97. The van der Waals surface area contributed by atoms with Gasteiger partial charge >= 0.3 is 0 Å². The third-order valence-corrected chi connectivity index (χ3v) is 4.17. The van der Waals surface area contributed by atoms with Gasteiger partial charge in [-0.05, 0) is 59.9 Å². The molecule has 0 aliphatic heterocycles. The molecule has 0 rings (SSSR count). The molecular weight excluding hydrogens is 250 g/mol. The molecule has 2 N–H and O–H groups in total. The molecule has 0 aliphatic carbocycles.